The van der Waals surface area contributed by atoms with E-state index in [1.807, 2.05) is 13.0 Å². The molecule has 0 aliphatic rings. The van der Waals surface area contributed by atoms with Crippen molar-refractivity contribution in [3.05, 3.63) is 28.8 Å². The van der Waals surface area contributed by atoms with Gasteiger partial charge in [0.15, 0.2) is 0 Å². The van der Waals surface area contributed by atoms with Gasteiger partial charge in [-0.25, -0.2) is 0 Å². The molecule has 1 rings (SSSR count). The summed E-state index contributed by atoms with van der Waals surface area (Å²) in [6.07, 6.45) is 0.912. The predicted molar refractivity (Wildman–Crippen MR) is 62.8 cm³/mol. The fraction of sp³-hybridized carbons (Fsp3) is 0.385. The standard InChI is InChI=1S/C13H15NO3/c1-4-9-5-10(7-12(15)16-2)13(17-3)11(6-9)8-14/h5-6H,4,7H2,1-3H3. The lowest BCUT2D eigenvalue weighted by Crippen LogP contribution is -2.07. The smallest absolute Gasteiger partial charge is 0.310 e. The van der Waals surface area contributed by atoms with Gasteiger partial charge in [-0.15, -0.1) is 0 Å². The van der Waals surface area contributed by atoms with E-state index in [0.29, 0.717) is 16.9 Å². The van der Waals surface area contributed by atoms with Crippen molar-refractivity contribution in [2.24, 2.45) is 0 Å². The molecule has 0 radical (unpaired) electrons. The predicted octanol–water partition coefficient (Wildman–Crippen LogP) is 1.84. The molecule has 17 heavy (non-hydrogen) atoms. The lowest BCUT2D eigenvalue weighted by Gasteiger charge is -2.11. The molecule has 4 nitrogen and oxygen atoms in total. The largest absolute Gasteiger partial charge is 0.495 e. The first-order chi connectivity index (χ1) is 8.15. The van der Waals surface area contributed by atoms with Gasteiger partial charge in [0.2, 0.25) is 0 Å². The minimum atomic E-state index is -0.347. The molecule has 0 unspecified atom stereocenters. The van der Waals surface area contributed by atoms with E-state index in [0.717, 1.165) is 12.0 Å². The summed E-state index contributed by atoms with van der Waals surface area (Å²) in [4.78, 5) is 11.3. The SMILES string of the molecule is CCc1cc(C#N)c(OC)c(CC(=O)OC)c1. The molecule has 0 aromatic heterocycles. The van der Waals surface area contributed by atoms with Gasteiger partial charge in [0.1, 0.15) is 11.8 Å². The number of rotatable bonds is 4. The van der Waals surface area contributed by atoms with E-state index in [2.05, 4.69) is 10.8 Å². The van der Waals surface area contributed by atoms with Crippen LogP contribution in [-0.4, -0.2) is 20.2 Å². The number of esters is 1. The Morgan fingerprint density at radius 1 is 1.41 bits per heavy atom. The summed E-state index contributed by atoms with van der Waals surface area (Å²) in [6.45, 7) is 1.99. The van der Waals surface area contributed by atoms with Crippen LogP contribution in [0.2, 0.25) is 0 Å². The minimum absolute atomic E-state index is 0.113. The molecular formula is C13H15NO3. The Labute approximate surface area is 101 Å². The van der Waals surface area contributed by atoms with Gasteiger partial charge in [0, 0.05) is 5.56 Å². The highest BCUT2D eigenvalue weighted by atomic mass is 16.5. The maximum Gasteiger partial charge on any atom is 0.310 e. The molecule has 0 N–H and O–H groups in total. The molecule has 90 valence electrons. The molecule has 4 heteroatoms. The topological polar surface area (TPSA) is 59.3 Å². The van der Waals surface area contributed by atoms with E-state index in [-0.39, 0.29) is 12.4 Å². The number of aryl methyl sites for hydroxylation is 1. The molecule has 0 aliphatic carbocycles. The van der Waals surface area contributed by atoms with Crippen molar-refractivity contribution in [1.82, 2.24) is 0 Å². The van der Waals surface area contributed by atoms with E-state index < -0.39 is 0 Å². The molecule has 0 heterocycles. The van der Waals surface area contributed by atoms with Crippen LogP contribution < -0.4 is 4.74 Å². The third kappa shape index (κ3) is 2.97. The van der Waals surface area contributed by atoms with Crippen LogP contribution in [0.25, 0.3) is 0 Å². The Hall–Kier alpha value is -2.02. The molecule has 0 saturated carbocycles. The molecule has 0 spiro atoms. The summed E-state index contributed by atoms with van der Waals surface area (Å²) in [7, 11) is 2.83. The van der Waals surface area contributed by atoms with Crippen LogP contribution in [0.3, 0.4) is 0 Å². The zero-order valence-electron chi connectivity index (χ0n) is 10.2. The lowest BCUT2D eigenvalue weighted by atomic mass is 10.0. The van der Waals surface area contributed by atoms with E-state index in [9.17, 15) is 4.79 Å². The Balaban J connectivity index is 3.25. The maximum atomic E-state index is 11.3. The normalized spacial score (nSPS) is 9.53. The molecular weight excluding hydrogens is 218 g/mol. The highest BCUT2D eigenvalue weighted by Gasteiger charge is 2.14. The third-order valence-corrected chi connectivity index (χ3v) is 2.52. The summed E-state index contributed by atoms with van der Waals surface area (Å²) < 4.78 is 9.81. The zero-order valence-corrected chi connectivity index (χ0v) is 10.2. The molecule has 0 atom stereocenters. The van der Waals surface area contributed by atoms with Gasteiger partial charge in [0.05, 0.1) is 26.2 Å². The van der Waals surface area contributed by atoms with Crippen molar-refractivity contribution < 1.29 is 14.3 Å². The Morgan fingerprint density at radius 3 is 2.59 bits per heavy atom. The third-order valence-electron chi connectivity index (χ3n) is 2.52. The van der Waals surface area contributed by atoms with E-state index in [4.69, 9.17) is 10.00 Å². The monoisotopic (exact) mass is 233 g/mol. The number of hydrogen-bond acceptors (Lipinski definition) is 4. The summed E-state index contributed by atoms with van der Waals surface area (Å²) in [5.41, 5.74) is 2.14. The highest BCUT2D eigenvalue weighted by molar-refractivity contribution is 5.74. The van der Waals surface area contributed by atoms with E-state index >= 15 is 0 Å². The summed E-state index contributed by atoms with van der Waals surface area (Å²) in [6, 6.07) is 5.72. The Bertz CT molecular complexity index is 460. The number of nitriles is 1. The number of nitrogens with zero attached hydrogens (tertiary/aromatic N) is 1. The van der Waals surface area contributed by atoms with Crippen molar-refractivity contribution >= 4 is 5.97 Å². The molecule has 0 saturated heterocycles. The fourth-order valence-electron chi connectivity index (χ4n) is 1.64. The summed E-state index contributed by atoms with van der Waals surface area (Å²) in [5, 5.41) is 9.04. The second-order valence-electron chi connectivity index (χ2n) is 3.55. The number of carbonyl (C=O) groups excluding carboxylic acids is 1. The van der Waals surface area contributed by atoms with Crippen molar-refractivity contribution in [2.45, 2.75) is 19.8 Å². The first-order valence-corrected chi connectivity index (χ1v) is 5.32. The number of carbonyl (C=O) groups is 1. The Kier molecular flexibility index (Phi) is 4.53. The van der Waals surface area contributed by atoms with Crippen LogP contribution in [0.4, 0.5) is 0 Å². The first kappa shape index (κ1) is 13.0. The quantitative estimate of drug-likeness (QED) is 0.744. The number of ether oxygens (including phenoxy) is 2. The maximum absolute atomic E-state index is 11.3. The second kappa shape index (κ2) is 5.90. The highest BCUT2D eigenvalue weighted by Crippen LogP contribution is 2.26. The van der Waals surface area contributed by atoms with Gasteiger partial charge in [0.25, 0.3) is 0 Å². The van der Waals surface area contributed by atoms with Crippen LogP contribution in [0, 0.1) is 11.3 Å². The molecule has 0 bridgehead atoms. The van der Waals surface area contributed by atoms with E-state index in [1.54, 1.807) is 6.07 Å². The summed E-state index contributed by atoms with van der Waals surface area (Å²) >= 11 is 0. The molecule has 0 amide bonds. The van der Waals surface area contributed by atoms with Gasteiger partial charge in [-0.2, -0.15) is 5.26 Å². The molecule has 1 aromatic carbocycles. The van der Waals surface area contributed by atoms with Crippen LogP contribution in [0.15, 0.2) is 12.1 Å². The lowest BCUT2D eigenvalue weighted by molar-refractivity contribution is -0.139. The van der Waals surface area contributed by atoms with Gasteiger partial charge >= 0.3 is 5.97 Å². The average molecular weight is 233 g/mol. The number of methoxy groups -OCH3 is 2. The van der Waals surface area contributed by atoms with Crippen molar-refractivity contribution in [1.29, 1.82) is 5.26 Å². The van der Waals surface area contributed by atoms with Crippen LogP contribution in [0.1, 0.15) is 23.6 Å². The van der Waals surface area contributed by atoms with Crippen molar-refractivity contribution in [3.63, 3.8) is 0 Å². The minimum Gasteiger partial charge on any atom is -0.495 e. The summed E-state index contributed by atoms with van der Waals surface area (Å²) in [5.74, 6) is 0.107. The van der Waals surface area contributed by atoms with Crippen molar-refractivity contribution in [3.8, 4) is 11.8 Å². The van der Waals surface area contributed by atoms with Gasteiger partial charge in [-0.1, -0.05) is 13.0 Å². The Morgan fingerprint density at radius 2 is 2.12 bits per heavy atom. The van der Waals surface area contributed by atoms with Gasteiger partial charge in [-0.3, -0.25) is 4.79 Å². The fourth-order valence-corrected chi connectivity index (χ4v) is 1.64. The second-order valence-corrected chi connectivity index (χ2v) is 3.55. The molecule has 0 fully saturated rings. The van der Waals surface area contributed by atoms with Gasteiger partial charge in [-0.05, 0) is 18.1 Å². The van der Waals surface area contributed by atoms with Crippen LogP contribution in [0.5, 0.6) is 5.75 Å². The van der Waals surface area contributed by atoms with Crippen LogP contribution >= 0.6 is 0 Å². The molecule has 0 aliphatic heterocycles. The van der Waals surface area contributed by atoms with Crippen LogP contribution in [-0.2, 0) is 22.4 Å². The molecule has 1 aromatic rings. The van der Waals surface area contributed by atoms with E-state index in [1.165, 1.54) is 14.2 Å². The number of benzene rings is 1. The van der Waals surface area contributed by atoms with Crippen molar-refractivity contribution in [2.75, 3.05) is 14.2 Å². The zero-order chi connectivity index (χ0) is 12.8. The first-order valence-electron chi connectivity index (χ1n) is 5.32. The van der Waals surface area contributed by atoms with Gasteiger partial charge < -0.3 is 9.47 Å². The average Bonchev–Trinajstić information content (AvgIpc) is 2.37. The number of hydrogen-bond donors (Lipinski definition) is 0.